The number of carbonyl (C=O) groups is 1. The Kier molecular flexibility index (Phi) is 3.69. The molecule has 0 atom stereocenters. The molecule has 0 radical (unpaired) electrons. The highest BCUT2D eigenvalue weighted by Gasteiger charge is 2.22. The third-order valence-corrected chi connectivity index (χ3v) is 4.68. The maximum atomic E-state index is 12.3. The summed E-state index contributed by atoms with van der Waals surface area (Å²) >= 11 is 0. The zero-order valence-electron chi connectivity index (χ0n) is 13.8. The highest BCUT2D eigenvalue weighted by Crippen LogP contribution is 2.25. The molecule has 24 heavy (non-hydrogen) atoms. The molecule has 3 aromatic carbocycles. The third kappa shape index (κ3) is 2.73. The quantitative estimate of drug-likeness (QED) is 0.744. The fourth-order valence-corrected chi connectivity index (χ4v) is 3.39. The summed E-state index contributed by atoms with van der Waals surface area (Å²) in [6.07, 6.45) is 0.857. The van der Waals surface area contributed by atoms with Crippen molar-refractivity contribution in [3.05, 3.63) is 77.4 Å². The van der Waals surface area contributed by atoms with E-state index in [-0.39, 0.29) is 6.03 Å². The van der Waals surface area contributed by atoms with E-state index in [1.54, 1.807) is 0 Å². The molecule has 1 heterocycles. The minimum atomic E-state index is -0.00779. The van der Waals surface area contributed by atoms with Gasteiger partial charge < -0.3 is 10.2 Å². The molecule has 1 aliphatic rings. The largest absolute Gasteiger partial charge is 0.322 e. The molecule has 120 valence electrons. The summed E-state index contributed by atoms with van der Waals surface area (Å²) in [5, 5.41) is 5.52. The molecule has 0 saturated heterocycles. The van der Waals surface area contributed by atoms with Crippen molar-refractivity contribution in [2.24, 2.45) is 0 Å². The van der Waals surface area contributed by atoms with Crippen molar-refractivity contribution >= 4 is 22.5 Å². The number of urea groups is 1. The number of fused-ring (bicyclic) bond motifs is 2. The van der Waals surface area contributed by atoms with Crippen molar-refractivity contribution < 1.29 is 4.79 Å². The monoisotopic (exact) mass is 316 g/mol. The molecule has 1 aliphatic heterocycles. The van der Waals surface area contributed by atoms with Crippen molar-refractivity contribution in [3.8, 4) is 0 Å². The Bertz CT molecular complexity index is 911. The topological polar surface area (TPSA) is 32.3 Å². The molecule has 2 amide bonds. The van der Waals surface area contributed by atoms with E-state index in [1.165, 1.54) is 27.5 Å². The predicted molar refractivity (Wildman–Crippen MR) is 98.3 cm³/mol. The molecular formula is C21H20N2O. The minimum Gasteiger partial charge on any atom is -0.320 e. The van der Waals surface area contributed by atoms with Crippen LogP contribution in [0.25, 0.3) is 10.8 Å². The first-order chi connectivity index (χ1) is 11.7. The molecule has 0 aliphatic carbocycles. The maximum Gasteiger partial charge on any atom is 0.322 e. The van der Waals surface area contributed by atoms with Gasteiger partial charge in [-0.25, -0.2) is 4.79 Å². The van der Waals surface area contributed by atoms with E-state index >= 15 is 0 Å². The molecular weight excluding hydrogens is 296 g/mol. The lowest BCUT2D eigenvalue weighted by Crippen LogP contribution is -2.39. The predicted octanol–water partition coefficient (Wildman–Crippen LogP) is 4.74. The minimum absolute atomic E-state index is 0.00779. The van der Waals surface area contributed by atoms with Crippen molar-refractivity contribution in [1.82, 2.24) is 4.90 Å². The molecule has 4 rings (SSSR count). The Hall–Kier alpha value is -2.81. The molecule has 3 aromatic rings. The van der Waals surface area contributed by atoms with E-state index in [0.29, 0.717) is 13.1 Å². The van der Waals surface area contributed by atoms with Gasteiger partial charge >= 0.3 is 6.03 Å². The summed E-state index contributed by atoms with van der Waals surface area (Å²) in [5.41, 5.74) is 4.63. The van der Waals surface area contributed by atoms with E-state index in [9.17, 15) is 4.79 Å². The maximum absolute atomic E-state index is 12.3. The van der Waals surface area contributed by atoms with Gasteiger partial charge in [-0.15, -0.1) is 0 Å². The number of aryl methyl sites for hydroxylation is 1. The normalized spacial score (nSPS) is 13.7. The summed E-state index contributed by atoms with van der Waals surface area (Å²) in [5.74, 6) is 0. The molecule has 0 spiro atoms. The Balaban J connectivity index is 1.54. The van der Waals surface area contributed by atoms with Crippen LogP contribution in [-0.4, -0.2) is 17.5 Å². The van der Waals surface area contributed by atoms with Gasteiger partial charge in [0.2, 0.25) is 0 Å². The van der Waals surface area contributed by atoms with Crippen molar-refractivity contribution in [3.63, 3.8) is 0 Å². The van der Waals surface area contributed by atoms with Crippen LogP contribution in [0.2, 0.25) is 0 Å². The molecule has 0 bridgehead atoms. The number of amides is 2. The molecule has 3 nitrogen and oxygen atoms in total. The number of hydrogen-bond donors (Lipinski definition) is 1. The summed E-state index contributed by atoms with van der Waals surface area (Å²) in [6, 6.07) is 21.0. The van der Waals surface area contributed by atoms with Crippen molar-refractivity contribution in [2.45, 2.75) is 19.9 Å². The van der Waals surface area contributed by atoms with Gasteiger partial charge in [0, 0.05) is 18.8 Å². The SMILES string of the molecule is Cc1ccc2c(c1)CN(CCc1cccc3ccccc13)C(=O)N2. The lowest BCUT2D eigenvalue weighted by Gasteiger charge is -2.29. The van der Waals surface area contributed by atoms with E-state index in [1.807, 2.05) is 17.0 Å². The van der Waals surface area contributed by atoms with Crippen LogP contribution in [0.1, 0.15) is 16.7 Å². The Morgan fingerprint density at radius 2 is 1.88 bits per heavy atom. The first-order valence-corrected chi connectivity index (χ1v) is 8.33. The van der Waals surface area contributed by atoms with E-state index in [2.05, 4.69) is 60.8 Å². The zero-order chi connectivity index (χ0) is 16.5. The highest BCUT2D eigenvalue weighted by molar-refractivity contribution is 5.92. The van der Waals surface area contributed by atoms with Crippen LogP contribution in [0.4, 0.5) is 10.5 Å². The van der Waals surface area contributed by atoms with Crippen LogP contribution in [0.3, 0.4) is 0 Å². The van der Waals surface area contributed by atoms with E-state index in [4.69, 9.17) is 0 Å². The second-order valence-corrected chi connectivity index (χ2v) is 6.40. The van der Waals surface area contributed by atoms with Gasteiger partial charge in [0.1, 0.15) is 0 Å². The Labute approximate surface area is 141 Å². The van der Waals surface area contributed by atoms with E-state index in [0.717, 1.165) is 12.1 Å². The van der Waals surface area contributed by atoms with Crippen LogP contribution in [0.5, 0.6) is 0 Å². The fourth-order valence-electron chi connectivity index (χ4n) is 3.39. The van der Waals surface area contributed by atoms with Gasteiger partial charge in [-0.3, -0.25) is 0 Å². The summed E-state index contributed by atoms with van der Waals surface area (Å²) in [7, 11) is 0. The van der Waals surface area contributed by atoms with Crippen LogP contribution in [-0.2, 0) is 13.0 Å². The number of rotatable bonds is 3. The number of nitrogens with zero attached hydrogens (tertiary/aromatic N) is 1. The third-order valence-electron chi connectivity index (χ3n) is 4.68. The number of hydrogen-bond acceptors (Lipinski definition) is 1. The lowest BCUT2D eigenvalue weighted by atomic mass is 10.0. The summed E-state index contributed by atoms with van der Waals surface area (Å²) < 4.78 is 0. The van der Waals surface area contributed by atoms with Gasteiger partial charge in [-0.1, -0.05) is 60.2 Å². The van der Waals surface area contributed by atoms with Crippen LogP contribution < -0.4 is 5.32 Å². The molecule has 1 N–H and O–H groups in total. The fraction of sp³-hybridized carbons (Fsp3) is 0.190. The lowest BCUT2D eigenvalue weighted by molar-refractivity contribution is 0.207. The van der Waals surface area contributed by atoms with Crippen LogP contribution in [0, 0.1) is 6.92 Å². The number of carbonyl (C=O) groups excluding carboxylic acids is 1. The molecule has 0 aromatic heterocycles. The standard InChI is InChI=1S/C21H20N2O/c1-15-9-10-20-18(13-15)14-23(21(24)22-20)12-11-17-7-4-6-16-5-2-3-8-19(16)17/h2-10,13H,11-12,14H2,1H3,(H,22,24). The van der Waals surface area contributed by atoms with Gasteiger partial charge in [-0.2, -0.15) is 0 Å². The molecule has 0 fully saturated rings. The second kappa shape index (κ2) is 6.00. The van der Waals surface area contributed by atoms with Crippen LogP contribution in [0.15, 0.2) is 60.7 Å². The summed E-state index contributed by atoms with van der Waals surface area (Å²) in [6.45, 7) is 3.47. The highest BCUT2D eigenvalue weighted by atomic mass is 16.2. The average Bonchev–Trinajstić information content (AvgIpc) is 2.60. The van der Waals surface area contributed by atoms with Gasteiger partial charge in [0.25, 0.3) is 0 Å². The zero-order valence-corrected chi connectivity index (χ0v) is 13.8. The van der Waals surface area contributed by atoms with Gasteiger partial charge in [0.05, 0.1) is 0 Å². The smallest absolute Gasteiger partial charge is 0.320 e. The van der Waals surface area contributed by atoms with Crippen LogP contribution >= 0.6 is 0 Å². The number of benzene rings is 3. The first kappa shape index (κ1) is 14.8. The van der Waals surface area contributed by atoms with Gasteiger partial charge in [-0.05, 0) is 41.3 Å². The first-order valence-electron chi connectivity index (χ1n) is 8.33. The van der Waals surface area contributed by atoms with Crippen molar-refractivity contribution in [1.29, 1.82) is 0 Å². The number of anilines is 1. The molecule has 3 heteroatoms. The number of nitrogens with one attached hydrogen (secondary N) is 1. The molecule has 0 unspecified atom stereocenters. The molecule has 0 saturated carbocycles. The van der Waals surface area contributed by atoms with Crippen molar-refractivity contribution in [2.75, 3.05) is 11.9 Å². The Morgan fingerprint density at radius 1 is 1.04 bits per heavy atom. The second-order valence-electron chi connectivity index (χ2n) is 6.40. The van der Waals surface area contributed by atoms with E-state index < -0.39 is 0 Å². The van der Waals surface area contributed by atoms with Gasteiger partial charge in [0.15, 0.2) is 0 Å². The Morgan fingerprint density at radius 3 is 2.79 bits per heavy atom. The summed E-state index contributed by atoms with van der Waals surface area (Å²) in [4.78, 5) is 14.2. The average molecular weight is 316 g/mol.